The van der Waals surface area contributed by atoms with Crippen LogP contribution < -0.4 is 11.1 Å². The van der Waals surface area contributed by atoms with Gasteiger partial charge in [0, 0.05) is 12.7 Å². The highest BCUT2D eigenvalue weighted by atomic mass is 35.5. The highest BCUT2D eigenvalue weighted by molar-refractivity contribution is 6.32. The van der Waals surface area contributed by atoms with Gasteiger partial charge in [0.05, 0.1) is 12.2 Å². The van der Waals surface area contributed by atoms with Crippen LogP contribution in [0.25, 0.3) is 0 Å². The fourth-order valence-electron chi connectivity index (χ4n) is 1.06. The summed E-state index contributed by atoms with van der Waals surface area (Å²) in [5.41, 5.74) is 5.16. The molecular weight excluding hydrogens is 246 g/mol. The molecule has 1 heterocycles. The molecule has 1 aromatic rings. The molecule has 3 N–H and O–H groups in total. The van der Waals surface area contributed by atoms with E-state index in [1.54, 1.807) is 12.1 Å². The Bertz CT molecular complexity index is 412. The number of hydrogen-bond acceptors (Lipinski definition) is 4. The first-order valence-electron chi connectivity index (χ1n) is 4.86. The average Bonchev–Trinajstić information content (AvgIpc) is 2.28. The van der Waals surface area contributed by atoms with Crippen molar-refractivity contribution in [1.29, 1.82) is 0 Å². The first-order chi connectivity index (χ1) is 8.11. The van der Waals surface area contributed by atoms with Crippen LogP contribution in [0.3, 0.4) is 0 Å². The summed E-state index contributed by atoms with van der Waals surface area (Å²) in [5, 5.41) is 2.71. The second kappa shape index (κ2) is 6.82. The number of pyridine rings is 1. The molecule has 0 fully saturated rings. The van der Waals surface area contributed by atoms with Crippen LogP contribution in [0.5, 0.6) is 0 Å². The van der Waals surface area contributed by atoms with E-state index in [-0.39, 0.29) is 30.8 Å². The Morgan fingerprint density at radius 1 is 1.53 bits per heavy atom. The Kier molecular flexibility index (Phi) is 5.38. The van der Waals surface area contributed by atoms with Gasteiger partial charge in [0.15, 0.2) is 0 Å². The first kappa shape index (κ1) is 13.4. The van der Waals surface area contributed by atoms with E-state index >= 15 is 0 Å². The Balaban J connectivity index is 2.31. The van der Waals surface area contributed by atoms with Gasteiger partial charge in [0.1, 0.15) is 11.8 Å². The number of rotatable bonds is 6. The van der Waals surface area contributed by atoms with Crippen LogP contribution in [0.4, 0.5) is 0 Å². The minimum atomic E-state index is -0.549. The van der Waals surface area contributed by atoms with Gasteiger partial charge in [0.25, 0.3) is 5.91 Å². The molecular formula is C10H12ClN3O3. The molecule has 0 aliphatic rings. The molecule has 2 amide bonds. The zero-order valence-electron chi connectivity index (χ0n) is 8.98. The van der Waals surface area contributed by atoms with Gasteiger partial charge < -0.3 is 15.8 Å². The van der Waals surface area contributed by atoms with Crippen LogP contribution in [0.2, 0.25) is 5.15 Å². The number of carbonyl (C=O) groups is 2. The van der Waals surface area contributed by atoms with E-state index in [1.165, 1.54) is 6.20 Å². The fourth-order valence-corrected chi connectivity index (χ4v) is 1.27. The largest absolute Gasteiger partial charge is 0.370 e. The maximum absolute atomic E-state index is 11.6. The number of halogens is 1. The molecule has 6 nitrogen and oxygen atoms in total. The Morgan fingerprint density at radius 3 is 2.94 bits per heavy atom. The van der Waals surface area contributed by atoms with Crippen molar-refractivity contribution >= 4 is 23.4 Å². The Morgan fingerprint density at radius 2 is 2.29 bits per heavy atom. The van der Waals surface area contributed by atoms with E-state index in [0.717, 1.165) is 0 Å². The highest BCUT2D eigenvalue weighted by Gasteiger charge is 2.09. The summed E-state index contributed by atoms with van der Waals surface area (Å²) in [6, 6.07) is 3.18. The molecule has 0 saturated heterocycles. The Hall–Kier alpha value is -1.66. The van der Waals surface area contributed by atoms with Crippen LogP contribution in [0.1, 0.15) is 10.4 Å². The average molecular weight is 258 g/mol. The van der Waals surface area contributed by atoms with Crippen molar-refractivity contribution in [3.05, 3.63) is 29.0 Å². The lowest BCUT2D eigenvalue weighted by atomic mass is 10.3. The quantitative estimate of drug-likeness (QED) is 0.553. The predicted octanol–water partition coefficient (Wildman–Crippen LogP) is -0.0333. The van der Waals surface area contributed by atoms with Gasteiger partial charge in [-0.3, -0.25) is 9.59 Å². The van der Waals surface area contributed by atoms with Gasteiger partial charge >= 0.3 is 0 Å². The van der Waals surface area contributed by atoms with Gasteiger partial charge in [-0.05, 0) is 12.1 Å². The second-order valence-electron chi connectivity index (χ2n) is 3.12. The topological polar surface area (TPSA) is 94.3 Å². The van der Waals surface area contributed by atoms with E-state index in [9.17, 15) is 9.59 Å². The molecule has 17 heavy (non-hydrogen) atoms. The molecule has 0 spiro atoms. The molecule has 0 aromatic carbocycles. The van der Waals surface area contributed by atoms with Crippen molar-refractivity contribution in [2.45, 2.75) is 0 Å². The van der Waals surface area contributed by atoms with Crippen LogP contribution in [-0.4, -0.2) is 36.6 Å². The molecule has 0 saturated carbocycles. The van der Waals surface area contributed by atoms with Crippen LogP contribution in [0.15, 0.2) is 18.3 Å². The van der Waals surface area contributed by atoms with Crippen LogP contribution >= 0.6 is 11.6 Å². The van der Waals surface area contributed by atoms with Crippen LogP contribution in [-0.2, 0) is 9.53 Å². The highest BCUT2D eigenvalue weighted by Crippen LogP contribution is 2.10. The lowest BCUT2D eigenvalue weighted by Crippen LogP contribution is -2.29. The number of hydrogen-bond donors (Lipinski definition) is 2. The summed E-state index contributed by atoms with van der Waals surface area (Å²) in [5.74, 6) is -0.891. The number of carbonyl (C=O) groups excluding carboxylic acids is 2. The monoisotopic (exact) mass is 257 g/mol. The number of nitrogens with two attached hydrogens (primary N) is 1. The van der Waals surface area contributed by atoms with Crippen LogP contribution in [0, 0.1) is 0 Å². The van der Waals surface area contributed by atoms with E-state index < -0.39 is 5.91 Å². The van der Waals surface area contributed by atoms with E-state index in [1.807, 2.05) is 0 Å². The first-order valence-corrected chi connectivity index (χ1v) is 5.24. The number of nitrogens with one attached hydrogen (secondary N) is 1. The van der Waals surface area contributed by atoms with Crippen molar-refractivity contribution in [3.63, 3.8) is 0 Å². The Labute approximate surface area is 103 Å². The number of amides is 2. The molecule has 0 aliphatic carbocycles. The smallest absolute Gasteiger partial charge is 0.254 e. The lowest BCUT2D eigenvalue weighted by molar-refractivity contribution is -0.122. The van der Waals surface area contributed by atoms with Crippen molar-refractivity contribution in [3.8, 4) is 0 Å². The van der Waals surface area contributed by atoms with E-state index in [2.05, 4.69) is 10.3 Å². The van der Waals surface area contributed by atoms with E-state index in [0.29, 0.717) is 5.56 Å². The number of nitrogens with zero attached hydrogens (tertiary/aromatic N) is 1. The molecule has 0 bridgehead atoms. The van der Waals surface area contributed by atoms with Gasteiger partial charge in [-0.1, -0.05) is 11.6 Å². The molecule has 0 aliphatic heterocycles. The normalized spacial score (nSPS) is 9.94. The molecule has 0 atom stereocenters. The lowest BCUT2D eigenvalue weighted by Gasteiger charge is -2.06. The maximum atomic E-state index is 11.6. The summed E-state index contributed by atoms with van der Waals surface area (Å²) in [6.45, 7) is 0.299. The zero-order valence-corrected chi connectivity index (χ0v) is 9.74. The SMILES string of the molecule is NC(=O)COCCNC(=O)c1cccnc1Cl. The van der Waals surface area contributed by atoms with Gasteiger partial charge in [-0.25, -0.2) is 4.98 Å². The van der Waals surface area contributed by atoms with Crippen molar-refractivity contribution < 1.29 is 14.3 Å². The number of aromatic nitrogens is 1. The summed E-state index contributed by atoms with van der Waals surface area (Å²) in [7, 11) is 0. The molecule has 0 radical (unpaired) electrons. The summed E-state index contributed by atoms with van der Waals surface area (Å²) in [4.78, 5) is 25.7. The maximum Gasteiger partial charge on any atom is 0.254 e. The summed E-state index contributed by atoms with van der Waals surface area (Å²) < 4.78 is 4.87. The molecule has 0 unspecified atom stereocenters. The van der Waals surface area contributed by atoms with Crippen molar-refractivity contribution in [2.24, 2.45) is 5.73 Å². The third kappa shape index (κ3) is 4.80. The zero-order chi connectivity index (χ0) is 12.7. The van der Waals surface area contributed by atoms with Gasteiger partial charge in [-0.15, -0.1) is 0 Å². The molecule has 92 valence electrons. The standard InChI is InChI=1S/C10H12ClN3O3/c11-9-7(2-1-3-13-9)10(16)14-4-5-17-6-8(12)15/h1-3H,4-6H2,(H2,12,15)(H,14,16). The van der Waals surface area contributed by atoms with Crippen molar-refractivity contribution in [1.82, 2.24) is 10.3 Å². The fraction of sp³-hybridized carbons (Fsp3) is 0.300. The molecule has 7 heteroatoms. The van der Waals surface area contributed by atoms with E-state index in [4.69, 9.17) is 22.1 Å². The van der Waals surface area contributed by atoms with Crippen molar-refractivity contribution in [2.75, 3.05) is 19.8 Å². The third-order valence-electron chi connectivity index (χ3n) is 1.78. The second-order valence-corrected chi connectivity index (χ2v) is 3.47. The minimum Gasteiger partial charge on any atom is -0.370 e. The summed E-state index contributed by atoms with van der Waals surface area (Å²) in [6.07, 6.45) is 1.50. The third-order valence-corrected chi connectivity index (χ3v) is 2.08. The number of primary amides is 1. The predicted molar refractivity (Wildman–Crippen MR) is 61.6 cm³/mol. The van der Waals surface area contributed by atoms with Gasteiger partial charge in [0.2, 0.25) is 5.91 Å². The molecule has 1 rings (SSSR count). The minimum absolute atomic E-state index is 0.142. The summed E-state index contributed by atoms with van der Waals surface area (Å²) >= 11 is 5.74. The molecule has 1 aromatic heterocycles. The number of ether oxygens (including phenoxy) is 1. The van der Waals surface area contributed by atoms with Gasteiger partial charge in [-0.2, -0.15) is 0 Å².